The Labute approximate surface area is 133 Å². The summed E-state index contributed by atoms with van der Waals surface area (Å²) in [5.74, 6) is 0.277. The molecule has 120 valence electrons. The van der Waals surface area contributed by atoms with Crippen molar-refractivity contribution in [3.63, 3.8) is 0 Å². The van der Waals surface area contributed by atoms with Gasteiger partial charge in [0.25, 0.3) is 5.91 Å². The van der Waals surface area contributed by atoms with E-state index in [9.17, 15) is 9.90 Å². The average Bonchev–Trinajstić information content (AvgIpc) is 3.16. The van der Waals surface area contributed by atoms with Gasteiger partial charge in [-0.05, 0) is 37.6 Å². The molecule has 0 saturated carbocycles. The van der Waals surface area contributed by atoms with E-state index in [-0.39, 0.29) is 11.9 Å². The summed E-state index contributed by atoms with van der Waals surface area (Å²) < 4.78 is 6.93. The number of amides is 1. The predicted octanol–water partition coefficient (Wildman–Crippen LogP) is 2.48. The minimum absolute atomic E-state index is 0.210. The molecule has 2 N–H and O–H groups in total. The number of furan rings is 1. The zero-order valence-corrected chi connectivity index (χ0v) is 13.1. The minimum Gasteiger partial charge on any atom is -0.467 e. The molecule has 0 fully saturated rings. The summed E-state index contributed by atoms with van der Waals surface area (Å²) in [5, 5.41) is 13.0. The van der Waals surface area contributed by atoms with E-state index in [1.807, 2.05) is 32.2 Å². The van der Waals surface area contributed by atoms with E-state index < -0.39 is 6.10 Å². The smallest absolute Gasteiger partial charge is 0.270 e. The highest BCUT2D eigenvalue weighted by Gasteiger charge is 2.19. The third-order valence-electron chi connectivity index (χ3n) is 3.71. The molecule has 0 bridgehead atoms. The Bertz CT molecular complexity index is 808. The van der Waals surface area contributed by atoms with Crippen molar-refractivity contribution in [2.45, 2.75) is 32.4 Å². The molecule has 6 nitrogen and oxygen atoms in total. The van der Waals surface area contributed by atoms with Crippen LogP contribution in [0.15, 0.2) is 47.3 Å². The van der Waals surface area contributed by atoms with Crippen molar-refractivity contribution in [2.75, 3.05) is 0 Å². The molecule has 0 radical (unpaired) electrons. The van der Waals surface area contributed by atoms with E-state index in [1.54, 1.807) is 22.7 Å². The molecular weight excluding hydrogens is 294 g/mol. The number of nitrogens with zero attached hydrogens (tertiary/aromatic N) is 2. The van der Waals surface area contributed by atoms with Gasteiger partial charge in [0.15, 0.2) is 0 Å². The number of hydrogen-bond donors (Lipinski definition) is 2. The molecule has 0 aliphatic rings. The van der Waals surface area contributed by atoms with Gasteiger partial charge in [0, 0.05) is 18.7 Å². The van der Waals surface area contributed by atoms with Crippen molar-refractivity contribution in [2.24, 2.45) is 0 Å². The van der Waals surface area contributed by atoms with Crippen LogP contribution < -0.4 is 5.32 Å². The number of carbonyl (C=O) groups is 1. The Morgan fingerprint density at radius 1 is 1.43 bits per heavy atom. The molecule has 3 aromatic rings. The second-order valence-electron chi connectivity index (χ2n) is 5.72. The number of aliphatic hydroxyl groups excluding tert-OH is 1. The number of fused-ring (bicyclic) bond motifs is 1. The number of rotatable bonds is 5. The van der Waals surface area contributed by atoms with Crippen LogP contribution in [0, 0.1) is 6.92 Å². The molecule has 0 spiro atoms. The van der Waals surface area contributed by atoms with Crippen LogP contribution in [0.25, 0.3) is 5.65 Å². The first-order valence-corrected chi connectivity index (χ1v) is 7.50. The van der Waals surface area contributed by atoms with E-state index in [0.29, 0.717) is 17.9 Å². The predicted molar refractivity (Wildman–Crippen MR) is 85.1 cm³/mol. The largest absolute Gasteiger partial charge is 0.467 e. The van der Waals surface area contributed by atoms with Gasteiger partial charge in [-0.15, -0.1) is 0 Å². The number of aryl methyl sites for hydroxylation is 1. The van der Waals surface area contributed by atoms with Crippen LogP contribution in [0.2, 0.25) is 0 Å². The van der Waals surface area contributed by atoms with Crippen LogP contribution >= 0.6 is 0 Å². The minimum atomic E-state index is -0.746. The van der Waals surface area contributed by atoms with Gasteiger partial charge in [0.05, 0.1) is 12.5 Å². The Hall–Kier alpha value is -2.60. The number of aromatic nitrogens is 2. The maximum atomic E-state index is 12.4. The Morgan fingerprint density at radius 3 is 3.00 bits per heavy atom. The lowest BCUT2D eigenvalue weighted by Crippen LogP contribution is -2.34. The maximum absolute atomic E-state index is 12.4. The van der Waals surface area contributed by atoms with Crippen molar-refractivity contribution in [3.8, 4) is 0 Å². The van der Waals surface area contributed by atoms with E-state index in [2.05, 4.69) is 10.3 Å². The van der Waals surface area contributed by atoms with E-state index in [0.717, 1.165) is 11.2 Å². The molecule has 0 aliphatic heterocycles. The first-order chi connectivity index (χ1) is 11.0. The third-order valence-corrected chi connectivity index (χ3v) is 3.71. The molecule has 0 aliphatic carbocycles. The van der Waals surface area contributed by atoms with Crippen LogP contribution in [0.4, 0.5) is 0 Å². The fraction of sp³-hybridized carbons (Fsp3) is 0.294. The first-order valence-electron chi connectivity index (χ1n) is 7.50. The number of aliphatic hydroxyl groups is 1. The zero-order valence-electron chi connectivity index (χ0n) is 13.1. The fourth-order valence-electron chi connectivity index (χ4n) is 2.54. The topological polar surface area (TPSA) is 79.8 Å². The van der Waals surface area contributed by atoms with Crippen LogP contribution in [0.3, 0.4) is 0 Å². The average molecular weight is 313 g/mol. The summed E-state index contributed by atoms with van der Waals surface area (Å²) in [6.45, 7) is 3.81. The summed E-state index contributed by atoms with van der Waals surface area (Å²) in [6, 6.07) is 7.05. The molecular formula is C17H19N3O3. The normalized spacial score (nSPS) is 13.9. The SMILES string of the molecule is Cc1ccc2ncc(C(=O)NC(C)CC(O)c3ccco3)n2c1. The molecule has 1 amide bonds. The second-order valence-corrected chi connectivity index (χ2v) is 5.72. The quantitative estimate of drug-likeness (QED) is 0.758. The summed E-state index contributed by atoms with van der Waals surface area (Å²) in [6.07, 6.45) is 4.57. The lowest BCUT2D eigenvalue weighted by Gasteiger charge is -2.16. The van der Waals surface area contributed by atoms with E-state index in [4.69, 9.17) is 4.42 Å². The van der Waals surface area contributed by atoms with Gasteiger partial charge < -0.3 is 14.8 Å². The van der Waals surface area contributed by atoms with Gasteiger partial charge in [-0.3, -0.25) is 9.20 Å². The van der Waals surface area contributed by atoms with Gasteiger partial charge in [-0.2, -0.15) is 0 Å². The van der Waals surface area contributed by atoms with Crippen LogP contribution in [-0.4, -0.2) is 26.4 Å². The molecule has 0 saturated heterocycles. The number of hydrogen-bond acceptors (Lipinski definition) is 4. The highest BCUT2D eigenvalue weighted by molar-refractivity contribution is 5.93. The van der Waals surface area contributed by atoms with Crippen molar-refractivity contribution < 1.29 is 14.3 Å². The molecule has 2 atom stereocenters. The molecule has 3 rings (SSSR count). The molecule has 3 heterocycles. The fourth-order valence-corrected chi connectivity index (χ4v) is 2.54. The van der Waals surface area contributed by atoms with Crippen LogP contribution in [-0.2, 0) is 0 Å². The van der Waals surface area contributed by atoms with Crippen molar-refractivity contribution in [1.29, 1.82) is 0 Å². The number of imidazole rings is 1. The Balaban J connectivity index is 1.69. The standard InChI is InChI=1S/C17H19N3O3/c1-11-5-6-16-18-9-13(20(16)10-11)17(22)19-12(2)8-14(21)15-4-3-7-23-15/h3-7,9-10,12,14,21H,8H2,1-2H3,(H,19,22). The Morgan fingerprint density at radius 2 is 2.26 bits per heavy atom. The molecule has 3 aromatic heterocycles. The lowest BCUT2D eigenvalue weighted by molar-refractivity contribution is 0.0897. The van der Waals surface area contributed by atoms with Crippen molar-refractivity contribution in [1.82, 2.24) is 14.7 Å². The van der Waals surface area contributed by atoms with Gasteiger partial charge in [0.2, 0.25) is 0 Å². The third kappa shape index (κ3) is 3.27. The van der Waals surface area contributed by atoms with Gasteiger partial charge in [-0.25, -0.2) is 4.98 Å². The molecule has 0 aromatic carbocycles. The summed E-state index contributed by atoms with van der Waals surface area (Å²) >= 11 is 0. The summed E-state index contributed by atoms with van der Waals surface area (Å²) in [7, 11) is 0. The first kappa shape index (κ1) is 15.3. The van der Waals surface area contributed by atoms with Crippen LogP contribution in [0.5, 0.6) is 0 Å². The number of nitrogens with one attached hydrogen (secondary N) is 1. The number of pyridine rings is 1. The lowest BCUT2D eigenvalue weighted by atomic mass is 10.1. The number of carbonyl (C=O) groups excluding carboxylic acids is 1. The van der Waals surface area contributed by atoms with E-state index in [1.165, 1.54) is 6.26 Å². The highest BCUT2D eigenvalue weighted by atomic mass is 16.4. The molecule has 23 heavy (non-hydrogen) atoms. The van der Waals surface area contributed by atoms with Gasteiger partial charge in [-0.1, -0.05) is 6.07 Å². The van der Waals surface area contributed by atoms with Crippen LogP contribution in [0.1, 0.15) is 41.3 Å². The molecule has 2 unspecified atom stereocenters. The molecule has 6 heteroatoms. The van der Waals surface area contributed by atoms with E-state index >= 15 is 0 Å². The van der Waals surface area contributed by atoms with Crippen molar-refractivity contribution >= 4 is 11.6 Å². The monoisotopic (exact) mass is 313 g/mol. The summed E-state index contributed by atoms with van der Waals surface area (Å²) in [4.78, 5) is 16.7. The van der Waals surface area contributed by atoms with Gasteiger partial charge >= 0.3 is 0 Å². The summed E-state index contributed by atoms with van der Waals surface area (Å²) in [5.41, 5.74) is 2.25. The zero-order chi connectivity index (χ0) is 16.4. The van der Waals surface area contributed by atoms with Gasteiger partial charge in [0.1, 0.15) is 23.2 Å². The Kier molecular flexibility index (Phi) is 4.16. The highest BCUT2D eigenvalue weighted by Crippen LogP contribution is 2.18. The maximum Gasteiger partial charge on any atom is 0.270 e. The van der Waals surface area contributed by atoms with Crippen molar-refractivity contribution in [3.05, 3.63) is 59.9 Å². The second kappa shape index (κ2) is 6.26.